The van der Waals surface area contributed by atoms with Crippen molar-refractivity contribution in [1.82, 2.24) is 15.0 Å². The van der Waals surface area contributed by atoms with Crippen LogP contribution in [0.3, 0.4) is 0 Å². The summed E-state index contributed by atoms with van der Waals surface area (Å²) in [5.74, 6) is 0.578. The van der Waals surface area contributed by atoms with E-state index in [1.54, 1.807) is 0 Å². The number of nitrogens with one attached hydrogen (secondary N) is 2. The van der Waals surface area contributed by atoms with Crippen molar-refractivity contribution < 1.29 is 9.67 Å². The summed E-state index contributed by atoms with van der Waals surface area (Å²) in [7, 11) is -2.41. The van der Waals surface area contributed by atoms with Gasteiger partial charge < -0.3 is 20.0 Å². The molecule has 3 N–H and O–H groups in total. The number of hydrogen-bond donors (Lipinski definition) is 3. The van der Waals surface area contributed by atoms with E-state index >= 15 is 0 Å². The predicted octanol–water partition coefficient (Wildman–Crippen LogP) is 4.08. The molecule has 0 amide bonds. The Morgan fingerprint density at radius 2 is 2.00 bits per heavy atom. The molecule has 158 valence electrons. The van der Waals surface area contributed by atoms with E-state index in [4.69, 9.17) is 4.98 Å². The zero-order valence-electron chi connectivity index (χ0n) is 17.6. The summed E-state index contributed by atoms with van der Waals surface area (Å²) in [6.45, 7) is 3.64. The summed E-state index contributed by atoms with van der Waals surface area (Å²) in [5, 5.41) is 15.7. The van der Waals surface area contributed by atoms with Crippen molar-refractivity contribution in [3.8, 4) is 11.3 Å². The number of aliphatic hydroxyl groups excluding tert-OH is 1. The number of aromatic nitrogens is 3. The molecule has 2 aliphatic carbocycles. The minimum atomic E-state index is -2.41. The number of para-hydroxylation sites is 1. The van der Waals surface area contributed by atoms with Gasteiger partial charge in [0.15, 0.2) is 0 Å². The van der Waals surface area contributed by atoms with E-state index in [0.29, 0.717) is 5.95 Å². The lowest BCUT2D eigenvalue weighted by molar-refractivity contribution is 0.116. The molecule has 2 aliphatic rings. The molecule has 30 heavy (non-hydrogen) atoms. The fourth-order valence-corrected chi connectivity index (χ4v) is 6.10. The van der Waals surface area contributed by atoms with E-state index in [-0.39, 0.29) is 12.1 Å². The molecule has 2 heterocycles. The predicted molar refractivity (Wildman–Crippen MR) is 122 cm³/mol. The molecule has 3 aromatic rings. The van der Waals surface area contributed by atoms with E-state index in [0.717, 1.165) is 83.7 Å². The first kappa shape index (κ1) is 19.8. The summed E-state index contributed by atoms with van der Waals surface area (Å²) >= 11 is 0. The molecule has 7 heteroatoms. The Morgan fingerprint density at radius 3 is 2.80 bits per heavy atom. The fraction of sp³-hybridized carbons (Fsp3) is 0.478. The highest BCUT2D eigenvalue weighted by Crippen LogP contribution is 2.42. The van der Waals surface area contributed by atoms with Crippen LogP contribution in [0.5, 0.6) is 0 Å². The van der Waals surface area contributed by atoms with Crippen molar-refractivity contribution in [3.05, 3.63) is 35.7 Å². The molecule has 1 saturated carbocycles. The van der Waals surface area contributed by atoms with Crippen LogP contribution in [0.2, 0.25) is 0 Å². The number of benzene rings is 1. The highest BCUT2D eigenvalue weighted by Gasteiger charge is 2.27. The van der Waals surface area contributed by atoms with Crippen molar-refractivity contribution in [2.45, 2.75) is 57.1 Å². The third-order valence-electron chi connectivity index (χ3n) is 6.49. The van der Waals surface area contributed by atoms with E-state index in [1.807, 2.05) is 31.7 Å². The van der Waals surface area contributed by atoms with E-state index in [2.05, 4.69) is 21.4 Å². The molecule has 6 nitrogen and oxygen atoms in total. The van der Waals surface area contributed by atoms with Crippen LogP contribution in [0, 0.1) is 0 Å². The molecule has 0 unspecified atom stereocenters. The minimum Gasteiger partial charge on any atom is -0.391 e. The lowest BCUT2D eigenvalue weighted by Crippen LogP contribution is -2.36. The van der Waals surface area contributed by atoms with Crippen LogP contribution < -0.4 is 10.6 Å². The zero-order valence-corrected chi connectivity index (χ0v) is 18.5. The van der Waals surface area contributed by atoms with Gasteiger partial charge in [-0.2, -0.15) is 0 Å². The highest BCUT2D eigenvalue weighted by molar-refractivity contribution is 7.70. The number of H-pyrrole nitrogens is 1. The largest absolute Gasteiger partial charge is 0.391 e. The minimum absolute atomic E-state index is 0.00248. The lowest BCUT2D eigenvalue weighted by atomic mass is 9.93. The van der Waals surface area contributed by atoms with Crippen LogP contribution in [-0.4, -0.2) is 45.5 Å². The van der Waals surface area contributed by atoms with Gasteiger partial charge in [0.25, 0.3) is 0 Å². The maximum atomic E-state index is 12.9. The summed E-state index contributed by atoms with van der Waals surface area (Å²) in [4.78, 5) is 13.1. The Labute approximate surface area is 176 Å². The zero-order chi connectivity index (χ0) is 20.9. The number of aromatic amines is 1. The van der Waals surface area contributed by atoms with Gasteiger partial charge in [-0.05, 0) is 57.1 Å². The summed E-state index contributed by atoms with van der Waals surface area (Å²) in [5.41, 5.74) is 5.34. The van der Waals surface area contributed by atoms with Crippen LogP contribution in [0.4, 0.5) is 5.95 Å². The molecule has 2 aromatic heterocycles. The van der Waals surface area contributed by atoms with Gasteiger partial charge in [0.2, 0.25) is 5.95 Å². The van der Waals surface area contributed by atoms with Crippen LogP contribution in [0.25, 0.3) is 22.2 Å². The van der Waals surface area contributed by atoms with Gasteiger partial charge in [0.05, 0.1) is 23.4 Å². The van der Waals surface area contributed by atoms with Crippen molar-refractivity contribution >= 4 is 29.3 Å². The molecule has 0 spiro atoms. The van der Waals surface area contributed by atoms with Crippen molar-refractivity contribution in [2.75, 3.05) is 18.6 Å². The first-order valence-electron chi connectivity index (χ1n) is 10.9. The van der Waals surface area contributed by atoms with Crippen molar-refractivity contribution in [3.63, 3.8) is 0 Å². The molecule has 0 saturated heterocycles. The molecule has 1 aromatic carbocycles. The van der Waals surface area contributed by atoms with E-state index < -0.39 is 7.14 Å². The molecule has 1 fully saturated rings. The number of anilines is 1. The van der Waals surface area contributed by atoms with Gasteiger partial charge in [-0.25, -0.2) is 9.97 Å². The monoisotopic (exact) mass is 424 g/mol. The van der Waals surface area contributed by atoms with Crippen LogP contribution in [0.1, 0.15) is 43.4 Å². The third-order valence-corrected chi connectivity index (χ3v) is 8.02. The number of rotatable bonds is 3. The van der Waals surface area contributed by atoms with Crippen LogP contribution in [-0.2, 0) is 17.4 Å². The highest BCUT2D eigenvalue weighted by atomic mass is 31.2. The lowest BCUT2D eigenvalue weighted by Gasteiger charge is -2.28. The van der Waals surface area contributed by atoms with Crippen LogP contribution in [0.15, 0.2) is 24.4 Å². The second-order valence-corrected chi connectivity index (χ2v) is 12.2. The fourth-order valence-electron chi connectivity index (χ4n) is 4.94. The van der Waals surface area contributed by atoms with Gasteiger partial charge in [0.1, 0.15) is 7.14 Å². The molecule has 5 rings (SSSR count). The van der Waals surface area contributed by atoms with Crippen LogP contribution >= 0.6 is 7.14 Å². The quantitative estimate of drug-likeness (QED) is 0.551. The Bertz CT molecular complexity index is 1150. The second-order valence-electron chi connectivity index (χ2n) is 9.05. The number of aryl methyl sites for hydroxylation is 2. The average Bonchev–Trinajstić information content (AvgIpc) is 2.98. The Hall–Kier alpha value is -2.17. The first-order valence-corrected chi connectivity index (χ1v) is 13.5. The summed E-state index contributed by atoms with van der Waals surface area (Å²) in [6, 6.07) is 6.06. The number of fused-ring (bicyclic) bond motifs is 5. The molecule has 0 bridgehead atoms. The topological polar surface area (TPSA) is 90.9 Å². The molecule has 2 atom stereocenters. The molecule has 0 radical (unpaired) electrons. The van der Waals surface area contributed by atoms with Crippen molar-refractivity contribution in [1.29, 1.82) is 0 Å². The van der Waals surface area contributed by atoms with Gasteiger partial charge in [-0.3, -0.25) is 0 Å². The maximum Gasteiger partial charge on any atom is 0.223 e. The maximum absolute atomic E-state index is 12.9. The number of nitrogens with zero attached hydrogens (tertiary/aromatic N) is 2. The Kier molecular flexibility index (Phi) is 4.95. The smallest absolute Gasteiger partial charge is 0.223 e. The van der Waals surface area contributed by atoms with Gasteiger partial charge in [0, 0.05) is 28.1 Å². The molecular formula is C23H29N4O2P. The number of hydrogen-bond acceptors (Lipinski definition) is 5. The summed E-state index contributed by atoms with van der Waals surface area (Å²) in [6.07, 6.45) is 8.42. The molecular weight excluding hydrogens is 395 g/mol. The Morgan fingerprint density at radius 1 is 1.17 bits per heavy atom. The standard InChI is InChI=1S/C23H29N4O2P/c1-30(2,29)19-12-6-8-15-20-17(25-22(15)19)10-5-7-14-13-24-23(27-21(14)20)26-16-9-3-4-11-18(16)28/h6,8,12-13,16,18,25,28H,3-5,7,9-11H2,1-2H3,(H,24,26,27)/t16-,18-/m1/s1. The van der Waals surface area contributed by atoms with Gasteiger partial charge >= 0.3 is 0 Å². The SMILES string of the molecule is CP(C)(=O)c1cccc2c3c([nH]c12)CCCc1cnc(N[C@@H]2CCCC[C@H]2O)nc1-3. The Balaban J connectivity index is 1.63. The first-order chi connectivity index (χ1) is 14.4. The van der Waals surface area contributed by atoms with Gasteiger partial charge in [-0.15, -0.1) is 0 Å². The number of aliphatic hydroxyl groups is 1. The third kappa shape index (κ3) is 3.46. The normalized spacial score (nSPS) is 21.7. The second kappa shape index (κ2) is 7.51. The van der Waals surface area contributed by atoms with Crippen molar-refractivity contribution in [2.24, 2.45) is 0 Å². The van der Waals surface area contributed by atoms with E-state index in [9.17, 15) is 9.67 Å². The van der Waals surface area contributed by atoms with E-state index in [1.165, 1.54) is 0 Å². The molecule has 0 aliphatic heterocycles. The average molecular weight is 424 g/mol. The summed E-state index contributed by atoms with van der Waals surface area (Å²) < 4.78 is 12.9. The van der Waals surface area contributed by atoms with Gasteiger partial charge in [-0.1, -0.05) is 25.0 Å².